The molecule has 3 nitrogen and oxygen atoms in total. The molecule has 64 valence electrons. The Bertz CT molecular complexity index is 328. The van der Waals surface area contributed by atoms with E-state index in [1.54, 1.807) is 29.9 Å². The van der Waals surface area contributed by atoms with E-state index in [1.165, 1.54) is 0 Å². The van der Waals surface area contributed by atoms with Gasteiger partial charge in [0.15, 0.2) is 0 Å². The first-order valence-corrected chi connectivity index (χ1v) is 3.33. The van der Waals surface area contributed by atoms with Crippen LogP contribution in [0.3, 0.4) is 0 Å². The van der Waals surface area contributed by atoms with E-state index < -0.39 is 11.8 Å². The highest BCUT2D eigenvalue weighted by atomic mass is 19.1. The van der Waals surface area contributed by atoms with Crippen molar-refractivity contribution in [3.8, 4) is 0 Å². The van der Waals surface area contributed by atoms with Crippen LogP contribution in [0.25, 0.3) is 6.08 Å². The van der Waals surface area contributed by atoms with E-state index in [0.29, 0.717) is 5.69 Å². The number of aliphatic carboxylic acids is 1. The Morgan fingerprint density at radius 2 is 2.42 bits per heavy atom. The van der Waals surface area contributed by atoms with Crippen LogP contribution in [-0.4, -0.2) is 15.6 Å². The van der Waals surface area contributed by atoms with Gasteiger partial charge in [0, 0.05) is 25.0 Å². The van der Waals surface area contributed by atoms with Crippen LogP contribution in [-0.2, 0) is 11.8 Å². The SMILES string of the molecule is Cn1cccc1/C=C(\F)C(=O)O. The number of carboxylic acid groups (broad SMARTS) is 1. The molecule has 0 atom stereocenters. The van der Waals surface area contributed by atoms with E-state index in [0.717, 1.165) is 6.08 Å². The summed E-state index contributed by atoms with van der Waals surface area (Å²) in [7, 11) is 1.71. The molecule has 0 saturated carbocycles. The number of hydrogen-bond donors (Lipinski definition) is 1. The Labute approximate surface area is 68.7 Å². The minimum Gasteiger partial charge on any atom is -0.476 e. The summed E-state index contributed by atoms with van der Waals surface area (Å²) < 4.78 is 14.1. The van der Waals surface area contributed by atoms with E-state index in [-0.39, 0.29) is 0 Å². The molecule has 4 heteroatoms. The fraction of sp³-hybridized carbons (Fsp3) is 0.125. The highest BCUT2D eigenvalue weighted by molar-refractivity contribution is 5.89. The van der Waals surface area contributed by atoms with Gasteiger partial charge in [-0.15, -0.1) is 0 Å². The van der Waals surface area contributed by atoms with Gasteiger partial charge in [0.05, 0.1) is 0 Å². The molecule has 0 bridgehead atoms. The van der Waals surface area contributed by atoms with Crippen LogP contribution in [0.4, 0.5) is 4.39 Å². The van der Waals surface area contributed by atoms with Gasteiger partial charge in [0.2, 0.25) is 5.83 Å². The first kappa shape index (κ1) is 8.52. The maximum Gasteiger partial charge on any atom is 0.364 e. The molecule has 0 saturated heterocycles. The first-order chi connectivity index (χ1) is 5.61. The molecular weight excluding hydrogens is 161 g/mol. The summed E-state index contributed by atoms with van der Waals surface area (Å²) in [6.07, 6.45) is 2.68. The van der Waals surface area contributed by atoms with Crippen LogP contribution in [0.15, 0.2) is 24.2 Å². The molecule has 0 amide bonds. The molecule has 1 aromatic rings. The average molecular weight is 169 g/mol. The summed E-state index contributed by atoms with van der Waals surface area (Å²) in [5.74, 6) is -2.70. The minimum absolute atomic E-state index is 0.523. The van der Waals surface area contributed by atoms with Crippen molar-refractivity contribution >= 4 is 12.0 Å². The predicted molar refractivity (Wildman–Crippen MR) is 42.1 cm³/mol. The number of carbonyl (C=O) groups is 1. The third-order valence-corrected chi connectivity index (χ3v) is 1.46. The Balaban J connectivity index is 2.95. The lowest BCUT2D eigenvalue weighted by Gasteiger charge is -1.94. The summed E-state index contributed by atoms with van der Waals surface area (Å²) in [4.78, 5) is 10.1. The zero-order valence-corrected chi connectivity index (χ0v) is 6.49. The number of halogens is 1. The largest absolute Gasteiger partial charge is 0.476 e. The van der Waals surface area contributed by atoms with Gasteiger partial charge >= 0.3 is 5.97 Å². The second-order valence-electron chi connectivity index (χ2n) is 2.34. The zero-order chi connectivity index (χ0) is 9.14. The van der Waals surface area contributed by atoms with Crippen LogP contribution in [0.5, 0.6) is 0 Å². The lowest BCUT2D eigenvalue weighted by molar-refractivity contribution is -0.134. The topological polar surface area (TPSA) is 42.2 Å². The number of rotatable bonds is 2. The molecule has 1 heterocycles. The molecule has 0 aliphatic rings. The smallest absolute Gasteiger partial charge is 0.364 e. The highest BCUT2D eigenvalue weighted by Gasteiger charge is 2.05. The maximum absolute atomic E-state index is 12.5. The second kappa shape index (κ2) is 3.21. The molecule has 0 spiro atoms. The minimum atomic E-state index is -1.55. The molecule has 0 aliphatic heterocycles. The first-order valence-electron chi connectivity index (χ1n) is 3.33. The molecule has 0 aromatic carbocycles. The Hall–Kier alpha value is -1.58. The van der Waals surface area contributed by atoms with E-state index in [2.05, 4.69) is 0 Å². The fourth-order valence-electron chi connectivity index (χ4n) is 0.816. The summed E-state index contributed by atoms with van der Waals surface area (Å²) in [5.41, 5.74) is 0.523. The van der Waals surface area contributed by atoms with Gasteiger partial charge < -0.3 is 9.67 Å². The van der Waals surface area contributed by atoms with Gasteiger partial charge in [-0.2, -0.15) is 4.39 Å². The van der Waals surface area contributed by atoms with Gasteiger partial charge in [0.1, 0.15) is 0 Å². The standard InChI is InChI=1S/C8H8FNO2/c1-10-4-2-3-6(10)5-7(9)8(11)12/h2-5H,1H3,(H,11,12)/b7-5-. The van der Waals surface area contributed by atoms with E-state index in [9.17, 15) is 9.18 Å². The van der Waals surface area contributed by atoms with E-state index in [1.807, 2.05) is 0 Å². The third-order valence-electron chi connectivity index (χ3n) is 1.46. The number of aromatic nitrogens is 1. The lowest BCUT2D eigenvalue weighted by atomic mass is 10.3. The molecule has 0 unspecified atom stereocenters. The molecule has 0 aliphatic carbocycles. The van der Waals surface area contributed by atoms with Crippen molar-refractivity contribution in [3.05, 3.63) is 29.9 Å². The van der Waals surface area contributed by atoms with Gasteiger partial charge in [0.25, 0.3) is 0 Å². The second-order valence-corrected chi connectivity index (χ2v) is 2.34. The Kier molecular flexibility index (Phi) is 2.28. The number of nitrogens with zero attached hydrogens (tertiary/aromatic N) is 1. The van der Waals surface area contributed by atoms with Gasteiger partial charge in [-0.3, -0.25) is 0 Å². The van der Waals surface area contributed by atoms with Crippen molar-refractivity contribution < 1.29 is 14.3 Å². The molecule has 0 radical (unpaired) electrons. The predicted octanol–water partition coefficient (Wildman–Crippen LogP) is 1.42. The normalized spacial score (nSPS) is 11.7. The number of hydrogen-bond acceptors (Lipinski definition) is 1. The van der Waals surface area contributed by atoms with Crippen molar-refractivity contribution in [2.45, 2.75) is 0 Å². The van der Waals surface area contributed by atoms with E-state index >= 15 is 0 Å². The van der Waals surface area contributed by atoms with Crippen LogP contribution in [0, 0.1) is 0 Å². The molecular formula is C8H8FNO2. The van der Waals surface area contributed by atoms with Crippen LogP contribution in [0.2, 0.25) is 0 Å². The van der Waals surface area contributed by atoms with Crippen LogP contribution < -0.4 is 0 Å². The highest BCUT2D eigenvalue weighted by Crippen LogP contribution is 2.07. The number of aryl methyl sites for hydroxylation is 1. The van der Waals surface area contributed by atoms with Crippen molar-refractivity contribution in [2.75, 3.05) is 0 Å². The van der Waals surface area contributed by atoms with Crippen LogP contribution >= 0.6 is 0 Å². The quantitative estimate of drug-likeness (QED) is 0.680. The summed E-state index contributed by atoms with van der Waals surface area (Å²) >= 11 is 0. The number of carboxylic acids is 1. The molecule has 12 heavy (non-hydrogen) atoms. The molecule has 1 N–H and O–H groups in total. The van der Waals surface area contributed by atoms with Gasteiger partial charge in [-0.1, -0.05) is 0 Å². The Morgan fingerprint density at radius 3 is 2.83 bits per heavy atom. The lowest BCUT2D eigenvalue weighted by Crippen LogP contribution is -1.96. The zero-order valence-electron chi connectivity index (χ0n) is 6.49. The van der Waals surface area contributed by atoms with Crippen molar-refractivity contribution in [1.82, 2.24) is 4.57 Å². The summed E-state index contributed by atoms with van der Waals surface area (Å²) in [5, 5.41) is 8.22. The van der Waals surface area contributed by atoms with Gasteiger partial charge in [-0.25, -0.2) is 4.79 Å². The summed E-state index contributed by atoms with van der Waals surface area (Å²) in [6.45, 7) is 0. The third kappa shape index (κ3) is 1.72. The summed E-state index contributed by atoms with van der Waals surface area (Å²) in [6, 6.07) is 3.34. The molecule has 1 rings (SSSR count). The fourth-order valence-corrected chi connectivity index (χ4v) is 0.816. The monoisotopic (exact) mass is 169 g/mol. The van der Waals surface area contributed by atoms with Crippen molar-refractivity contribution in [3.63, 3.8) is 0 Å². The van der Waals surface area contributed by atoms with Crippen LogP contribution in [0.1, 0.15) is 5.69 Å². The van der Waals surface area contributed by atoms with Crippen molar-refractivity contribution in [2.24, 2.45) is 7.05 Å². The molecule has 1 aromatic heterocycles. The molecule has 0 fully saturated rings. The van der Waals surface area contributed by atoms with Gasteiger partial charge in [-0.05, 0) is 12.1 Å². The average Bonchev–Trinajstić information content (AvgIpc) is 2.36. The van der Waals surface area contributed by atoms with E-state index in [4.69, 9.17) is 5.11 Å². The Morgan fingerprint density at radius 1 is 1.75 bits per heavy atom. The maximum atomic E-state index is 12.5. The van der Waals surface area contributed by atoms with Crippen molar-refractivity contribution in [1.29, 1.82) is 0 Å².